The summed E-state index contributed by atoms with van der Waals surface area (Å²) in [6.07, 6.45) is 2.01. The van der Waals surface area contributed by atoms with Crippen LogP contribution in [-0.2, 0) is 0 Å². The lowest BCUT2D eigenvalue weighted by Gasteiger charge is -2.26. The molecule has 0 fully saturated rings. The largest absolute Gasteiger partial charge is 0.344 e. The monoisotopic (exact) mass is 690 g/mol. The highest BCUT2D eigenvalue weighted by Crippen LogP contribution is 2.44. The molecule has 2 nitrogen and oxygen atoms in total. The summed E-state index contributed by atoms with van der Waals surface area (Å²) in [7, 11) is 2.15. The van der Waals surface area contributed by atoms with Crippen LogP contribution in [0.5, 0.6) is 0 Å². The second-order valence-corrected chi connectivity index (χ2v) is 13.6. The van der Waals surface area contributed by atoms with E-state index in [1.807, 2.05) is 36.5 Å². The van der Waals surface area contributed by atoms with Gasteiger partial charge in [0, 0.05) is 24.5 Å². The van der Waals surface area contributed by atoms with Gasteiger partial charge in [0.25, 0.3) is 0 Å². The Labute approximate surface area is 316 Å². The van der Waals surface area contributed by atoms with Gasteiger partial charge in [-0.3, -0.25) is 4.99 Å². The first kappa shape index (κ1) is 32.8. The van der Waals surface area contributed by atoms with Crippen LogP contribution in [0.3, 0.4) is 0 Å². The number of nitrogens with zero attached hydrogens (tertiary/aromatic N) is 2. The second-order valence-electron chi connectivity index (χ2n) is 13.6. The van der Waals surface area contributed by atoms with Crippen LogP contribution in [0.1, 0.15) is 11.1 Å². The van der Waals surface area contributed by atoms with Gasteiger partial charge in [-0.15, -0.1) is 0 Å². The van der Waals surface area contributed by atoms with Gasteiger partial charge in [-0.25, -0.2) is 0 Å². The molecule has 0 radical (unpaired) electrons. The molecule has 0 amide bonds. The second kappa shape index (κ2) is 14.5. The van der Waals surface area contributed by atoms with E-state index in [4.69, 9.17) is 4.99 Å². The van der Waals surface area contributed by atoms with Gasteiger partial charge in [-0.2, -0.15) is 0 Å². The molecule has 0 saturated heterocycles. The van der Waals surface area contributed by atoms with Gasteiger partial charge in [0.2, 0.25) is 0 Å². The fourth-order valence-corrected chi connectivity index (χ4v) is 7.75. The minimum absolute atomic E-state index is 0.913. The summed E-state index contributed by atoms with van der Waals surface area (Å²) in [5.74, 6) is 0. The third-order valence-corrected chi connectivity index (χ3v) is 10.3. The van der Waals surface area contributed by atoms with Gasteiger partial charge >= 0.3 is 0 Å². The highest BCUT2D eigenvalue weighted by Gasteiger charge is 2.19. The Morgan fingerprint density at radius 1 is 0.426 bits per heavy atom. The van der Waals surface area contributed by atoms with Gasteiger partial charge in [-0.1, -0.05) is 176 Å². The third-order valence-electron chi connectivity index (χ3n) is 10.3. The first-order valence-electron chi connectivity index (χ1n) is 18.4. The molecule has 0 aliphatic rings. The molecule has 256 valence electrons. The van der Waals surface area contributed by atoms with Crippen molar-refractivity contribution in [2.45, 2.75) is 0 Å². The van der Waals surface area contributed by atoms with E-state index < -0.39 is 0 Å². The first-order valence-corrected chi connectivity index (χ1v) is 18.4. The van der Waals surface area contributed by atoms with Gasteiger partial charge in [0.1, 0.15) is 0 Å². The molecule has 0 N–H and O–H groups in total. The van der Waals surface area contributed by atoms with Crippen LogP contribution in [0.4, 0.5) is 11.4 Å². The molecule has 9 aromatic rings. The summed E-state index contributed by atoms with van der Waals surface area (Å²) < 4.78 is 0. The average Bonchev–Trinajstić information content (AvgIpc) is 3.25. The molecular weight excluding hydrogens is 653 g/mol. The van der Waals surface area contributed by atoms with Crippen molar-refractivity contribution in [1.29, 1.82) is 0 Å². The topological polar surface area (TPSA) is 15.6 Å². The van der Waals surface area contributed by atoms with E-state index in [1.54, 1.807) is 0 Å². The fourth-order valence-electron chi connectivity index (χ4n) is 7.75. The Balaban J connectivity index is 1.19. The molecule has 2 heteroatoms. The smallest absolute Gasteiger partial charge is 0.0629 e. The molecule has 0 aliphatic heterocycles. The van der Waals surface area contributed by atoms with Crippen molar-refractivity contribution in [3.05, 3.63) is 217 Å². The molecule has 0 heterocycles. The van der Waals surface area contributed by atoms with Crippen LogP contribution >= 0.6 is 0 Å². The van der Waals surface area contributed by atoms with E-state index >= 15 is 0 Å². The van der Waals surface area contributed by atoms with Crippen LogP contribution in [-0.4, -0.2) is 13.3 Å². The predicted molar refractivity (Wildman–Crippen MR) is 233 cm³/mol. The molecule has 54 heavy (non-hydrogen) atoms. The molecule has 9 aromatic carbocycles. The van der Waals surface area contributed by atoms with Crippen molar-refractivity contribution in [2.75, 3.05) is 11.9 Å². The number of rotatable bonds is 8. The zero-order chi connectivity index (χ0) is 36.3. The minimum Gasteiger partial charge on any atom is -0.344 e. The van der Waals surface area contributed by atoms with E-state index in [0.717, 1.165) is 33.8 Å². The molecule has 0 saturated carbocycles. The SMILES string of the molecule is CN(/C(=C(\C=N\c1ccccc1)c1ccccc1)c1ccccc1)c1ccc(-c2c3ccccc3c(-c3ccc4ccccc4c3)c3ccccc23)cc1. The van der Waals surface area contributed by atoms with E-state index in [0.29, 0.717) is 0 Å². The Morgan fingerprint density at radius 3 is 1.48 bits per heavy atom. The number of para-hydroxylation sites is 1. The predicted octanol–water partition coefficient (Wildman–Crippen LogP) is 13.9. The highest BCUT2D eigenvalue weighted by atomic mass is 15.1. The van der Waals surface area contributed by atoms with E-state index in [1.165, 1.54) is 54.6 Å². The Kier molecular flexibility index (Phi) is 8.84. The van der Waals surface area contributed by atoms with Gasteiger partial charge < -0.3 is 4.90 Å². The summed E-state index contributed by atoms with van der Waals surface area (Å²) in [6, 6.07) is 73.5. The van der Waals surface area contributed by atoms with Gasteiger partial charge in [0.05, 0.1) is 11.4 Å². The molecule has 0 aromatic heterocycles. The van der Waals surface area contributed by atoms with Crippen molar-refractivity contribution in [1.82, 2.24) is 0 Å². The Morgan fingerprint density at radius 2 is 0.889 bits per heavy atom. The number of hydrogen-bond donors (Lipinski definition) is 0. The fraction of sp³-hybridized carbons (Fsp3) is 0.0192. The van der Waals surface area contributed by atoms with Crippen LogP contribution in [0.2, 0.25) is 0 Å². The molecule has 9 rings (SSSR count). The zero-order valence-corrected chi connectivity index (χ0v) is 30.1. The van der Waals surface area contributed by atoms with E-state index in [-0.39, 0.29) is 0 Å². The molecule has 0 atom stereocenters. The number of aliphatic imine (C=N–C) groups is 1. The zero-order valence-electron chi connectivity index (χ0n) is 30.1. The van der Waals surface area contributed by atoms with Crippen molar-refractivity contribution in [3.8, 4) is 22.3 Å². The Hall–Kier alpha value is -7.03. The van der Waals surface area contributed by atoms with Crippen LogP contribution in [0.15, 0.2) is 211 Å². The molecule has 0 spiro atoms. The number of hydrogen-bond acceptors (Lipinski definition) is 2. The van der Waals surface area contributed by atoms with Crippen LogP contribution in [0, 0.1) is 0 Å². The quantitative estimate of drug-likeness (QED) is 0.0880. The Bertz CT molecular complexity index is 2740. The van der Waals surface area contributed by atoms with Crippen molar-refractivity contribution >= 4 is 61.2 Å². The first-order chi connectivity index (χ1) is 26.7. The summed E-state index contributed by atoms with van der Waals surface area (Å²) in [5.41, 5.74) is 11.3. The summed E-state index contributed by atoms with van der Waals surface area (Å²) in [6.45, 7) is 0. The lowest BCUT2D eigenvalue weighted by molar-refractivity contribution is 1.22. The standard InChI is InChI=1S/C52H38N2/c1-54(52(40-20-7-3-8-21-40)49(38-18-5-2-6-19-38)36-53-43-23-9-4-10-24-43)44-33-31-39(32-34-44)50-45-25-13-15-27-47(45)51(48-28-16-14-26-46(48)50)42-30-29-37-17-11-12-22-41(37)35-42/h2-36H,1H3/b52-49+,53-36+. The third kappa shape index (κ3) is 6.25. The maximum Gasteiger partial charge on any atom is 0.0629 e. The highest BCUT2D eigenvalue weighted by molar-refractivity contribution is 6.23. The van der Waals surface area contributed by atoms with Crippen LogP contribution in [0.25, 0.3) is 65.8 Å². The molecule has 0 aliphatic carbocycles. The molecule has 0 unspecified atom stereocenters. The minimum atomic E-state index is 0.913. The lowest BCUT2D eigenvalue weighted by Crippen LogP contribution is -2.17. The number of benzene rings is 9. The lowest BCUT2D eigenvalue weighted by atomic mass is 9.85. The number of fused-ring (bicyclic) bond motifs is 3. The maximum atomic E-state index is 4.95. The molecule has 0 bridgehead atoms. The van der Waals surface area contributed by atoms with E-state index in [2.05, 4.69) is 188 Å². The average molecular weight is 691 g/mol. The molecular formula is C52H38N2. The van der Waals surface area contributed by atoms with Crippen molar-refractivity contribution < 1.29 is 0 Å². The number of allylic oxidation sites excluding steroid dienone is 1. The van der Waals surface area contributed by atoms with Gasteiger partial charge in [-0.05, 0) is 96.0 Å². The number of anilines is 1. The van der Waals surface area contributed by atoms with Crippen molar-refractivity contribution in [2.24, 2.45) is 4.99 Å². The summed E-state index contributed by atoms with van der Waals surface area (Å²) in [5, 5.41) is 7.49. The summed E-state index contributed by atoms with van der Waals surface area (Å²) >= 11 is 0. The van der Waals surface area contributed by atoms with Crippen LogP contribution < -0.4 is 4.90 Å². The van der Waals surface area contributed by atoms with E-state index in [9.17, 15) is 0 Å². The van der Waals surface area contributed by atoms with Gasteiger partial charge in [0.15, 0.2) is 0 Å². The normalized spacial score (nSPS) is 12.0. The van der Waals surface area contributed by atoms with Crippen molar-refractivity contribution in [3.63, 3.8) is 0 Å². The maximum absolute atomic E-state index is 4.95. The summed E-state index contributed by atoms with van der Waals surface area (Å²) in [4.78, 5) is 7.24.